The highest BCUT2D eigenvalue weighted by molar-refractivity contribution is 5.77. The van der Waals surface area contributed by atoms with Crippen molar-refractivity contribution in [2.24, 2.45) is 0 Å². The zero-order valence-electron chi connectivity index (χ0n) is 15.6. The molecule has 0 radical (unpaired) electrons. The van der Waals surface area contributed by atoms with Crippen molar-refractivity contribution in [2.45, 2.75) is 32.4 Å². The van der Waals surface area contributed by atoms with Gasteiger partial charge >= 0.3 is 5.69 Å². The number of carbonyl (C=O) groups excluding carboxylic acids is 1. The number of amides is 1. The zero-order chi connectivity index (χ0) is 19.5. The van der Waals surface area contributed by atoms with Crippen LogP contribution in [0.5, 0.6) is 5.75 Å². The van der Waals surface area contributed by atoms with Gasteiger partial charge in [-0.05, 0) is 49.6 Å². The summed E-state index contributed by atoms with van der Waals surface area (Å²) in [6.45, 7) is 2.45. The standard InChI is InChI=1S/C20H22N4O4/c1-14-4-2-5-16(12-14)28-13-18(25)21-9-10-23-20(26)24(15-7-8-15)19(22-23)17-6-3-11-27-17/h2-6,11-12,15H,7-10,13H2,1H3,(H,21,25). The molecule has 1 saturated carbocycles. The largest absolute Gasteiger partial charge is 0.484 e. The van der Waals surface area contributed by atoms with Gasteiger partial charge < -0.3 is 14.5 Å². The third-order valence-corrected chi connectivity index (χ3v) is 4.53. The summed E-state index contributed by atoms with van der Waals surface area (Å²) in [7, 11) is 0. The van der Waals surface area contributed by atoms with Crippen molar-refractivity contribution in [3.63, 3.8) is 0 Å². The first-order valence-corrected chi connectivity index (χ1v) is 9.31. The Morgan fingerprint density at radius 3 is 2.89 bits per heavy atom. The molecule has 1 aliphatic rings. The number of benzene rings is 1. The highest BCUT2D eigenvalue weighted by Crippen LogP contribution is 2.36. The Balaban J connectivity index is 1.34. The molecule has 1 aromatic carbocycles. The number of nitrogens with zero attached hydrogens (tertiary/aromatic N) is 3. The van der Waals surface area contributed by atoms with Gasteiger partial charge in [0.1, 0.15) is 5.75 Å². The molecule has 0 saturated heterocycles. The number of ether oxygens (including phenoxy) is 1. The van der Waals surface area contributed by atoms with Crippen molar-refractivity contribution in [3.05, 3.63) is 58.7 Å². The first-order chi connectivity index (χ1) is 13.6. The molecular weight excluding hydrogens is 360 g/mol. The van der Waals surface area contributed by atoms with Gasteiger partial charge in [0.25, 0.3) is 5.91 Å². The van der Waals surface area contributed by atoms with E-state index in [4.69, 9.17) is 9.15 Å². The normalized spacial score (nSPS) is 13.5. The molecule has 0 spiro atoms. The van der Waals surface area contributed by atoms with Crippen molar-refractivity contribution < 1.29 is 13.9 Å². The van der Waals surface area contributed by atoms with Crippen molar-refractivity contribution in [1.82, 2.24) is 19.7 Å². The topological polar surface area (TPSA) is 91.3 Å². The molecule has 146 valence electrons. The second-order valence-corrected chi connectivity index (χ2v) is 6.86. The Bertz CT molecular complexity index is 1020. The van der Waals surface area contributed by atoms with E-state index in [1.165, 1.54) is 4.68 Å². The lowest BCUT2D eigenvalue weighted by Crippen LogP contribution is -2.34. The van der Waals surface area contributed by atoms with Crippen LogP contribution >= 0.6 is 0 Å². The van der Waals surface area contributed by atoms with Crippen molar-refractivity contribution in [1.29, 1.82) is 0 Å². The summed E-state index contributed by atoms with van der Waals surface area (Å²) in [5, 5.41) is 7.16. The molecule has 0 atom stereocenters. The van der Waals surface area contributed by atoms with E-state index < -0.39 is 0 Å². The van der Waals surface area contributed by atoms with Gasteiger partial charge in [0.15, 0.2) is 12.4 Å². The molecule has 8 heteroatoms. The van der Waals surface area contributed by atoms with Crippen LogP contribution in [0.1, 0.15) is 24.4 Å². The molecule has 2 aromatic heterocycles. The number of hydrogen-bond acceptors (Lipinski definition) is 5. The van der Waals surface area contributed by atoms with Gasteiger partial charge in [-0.1, -0.05) is 12.1 Å². The van der Waals surface area contributed by atoms with Crippen LogP contribution in [0.4, 0.5) is 0 Å². The van der Waals surface area contributed by atoms with E-state index in [0.717, 1.165) is 18.4 Å². The third-order valence-electron chi connectivity index (χ3n) is 4.53. The molecule has 0 aliphatic heterocycles. The predicted molar refractivity (Wildman–Crippen MR) is 102 cm³/mol. The first-order valence-electron chi connectivity index (χ1n) is 9.31. The van der Waals surface area contributed by atoms with Gasteiger partial charge in [0.2, 0.25) is 5.82 Å². The van der Waals surface area contributed by atoms with Crippen LogP contribution < -0.4 is 15.7 Å². The second kappa shape index (κ2) is 7.75. The summed E-state index contributed by atoms with van der Waals surface area (Å²) in [6.07, 6.45) is 3.49. The van der Waals surface area contributed by atoms with Gasteiger partial charge in [-0.2, -0.15) is 0 Å². The second-order valence-electron chi connectivity index (χ2n) is 6.86. The molecule has 1 aliphatic carbocycles. The predicted octanol–water partition coefficient (Wildman–Crippen LogP) is 2.14. The van der Waals surface area contributed by atoms with E-state index in [2.05, 4.69) is 10.4 Å². The quantitative estimate of drug-likeness (QED) is 0.645. The molecule has 1 N–H and O–H groups in total. The Morgan fingerprint density at radius 1 is 1.32 bits per heavy atom. The molecule has 0 bridgehead atoms. The SMILES string of the molecule is Cc1cccc(OCC(=O)NCCn2nc(-c3ccco3)n(C3CC3)c2=O)c1. The van der Waals surface area contributed by atoms with Gasteiger partial charge in [-0.15, -0.1) is 5.10 Å². The number of furan rings is 1. The van der Waals surface area contributed by atoms with E-state index in [1.807, 2.05) is 25.1 Å². The first kappa shape index (κ1) is 18.1. The van der Waals surface area contributed by atoms with Crippen molar-refractivity contribution in [2.75, 3.05) is 13.2 Å². The molecule has 0 unspecified atom stereocenters. The van der Waals surface area contributed by atoms with Crippen LogP contribution in [0.25, 0.3) is 11.6 Å². The Labute approximate surface area is 161 Å². The van der Waals surface area contributed by atoms with E-state index >= 15 is 0 Å². The highest BCUT2D eigenvalue weighted by Gasteiger charge is 2.31. The fourth-order valence-electron chi connectivity index (χ4n) is 3.01. The Morgan fingerprint density at radius 2 is 2.18 bits per heavy atom. The maximum atomic E-state index is 12.7. The number of rotatable bonds is 8. The number of carbonyl (C=O) groups is 1. The van der Waals surface area contributed by atoms with E-state index in [0.29, 0.717) is 17.3 Å². The average molecular weight is 382 g/mol. The minimum atomic E-state index is -0.248. The van der Waals surface area contributed by atoms with Gasteiger partial charge in [0, 0.05) is 12.6 Å². The summed E-state index contributed by atoms with van der Waals surface area (Å²) in [6, 6.07) is 11.2. The van der Waals surface area contributed by atoms with E-state index in [1.54, 1.807) is 29.0 Å². The fourth-order valence-corrected chi connectivity index (χ4v) is 3.01. The summed E-state index contributed by atoms with van der Waals surface area (Å²) in [5.41, 5.74) is 0.884. The monoisotopic (exact) mass is 382 g/mol. The van der Waals surface area contributed by atoms with Crippen molar-refractivity contribution in [3.8, 4) is 17.3 Å². The molecule has 8 nitrogen and oxygen atoms in total. The summed E-state index contributed by atoms with van der Waals surface area (Å²) in [4.78, 5) is 24.7. The number of hydrogen-bond donors (Lipinski definition) is 1. The fraction of sp³-hybridized carbons (Fsp3) is 0.350. The number of nitrogens with one attached hydrogen (secondary N) is 1. The number of aromatic nitrogens is 3. The van der Waals surface area contributed by atoms with Crippen LogP contribution in [0.2, 0.25) is 0 Å². The molecular formula is C20H22N4O4. The molecule has 1 fully saturated rings. The molecule has 4 rings (SSSR count). The summed E-state index contributed by atoms with van der Waals surface area (Å²) < 4.78 is 13.9. The lowest BCUT2D eigenvalue weighted by atomic mass is 10.2. The highest BCUT2D eigenvalue weighted by atomic mass is 16.5. The smallest absolute Gasteiger partial charge is 0.346 e. The van der Waals surface area contributed by atoms with Gasteiger partial charge in [-0.3, -0.25) is 9.36 Å². The Kier molecular flexibility index (Phi) is 5.01. The van der Waals surface area contributed by atoms with Crippen LogP contribution in [-0.4, -0.2) is 33.4 Å². The van der Waals surface area contributed by atoms with E-state index in [9.17, 15) is 9.59 Å². The van der Waals surface area contributed by atoms with Crippen LogP contribution in [0.15, 0.2) is 51.9 Å². The summed E-state index contributed by atoms with van der Waals surface area (Å²) in [5.74, 6) is 1.50. The minimum Gasteiger partial charge on any atom is -0.484 e. The molecule has 28 heavy (non-hydrogen) atoms. The lowest BCUT2D eigenvalue weighted by molar-refractivity contribution is -0.123. The molecule has 3 aromatic rings. The summed E-state index contributed by atoms with van der Waals surface area (Å²) >= 11 is 0. The van der Waals surface area contributed by atoms with Crippen LogP contribution in [0.3, 0.4) is 0 Å². The third kappa shape index (κ3) is 4.00. The molecule has 1 amide bonds. The average Bonchev–Trinajstić information content (AvgIpc) is 3.25. The maximum absolute atomic E-state index is 12.7. The zero-order valence-corrected chi connectivity index (χ0v) is 15.6. The Hall–Kier alpha value is -3.29. The van der Waals surface area contributed by atoms with Gasteiger partial charge in [0.05, 0.1) is 12.8 Å². The molecule has 2 heterocycles. The number of aryl methyl sites for hydroxylation is 1. The van der Waals surface area contributed by atoms with Crippen LogP contribution in [0, 0.1) is 6.92 Å². The lowest BCUT2D eigenvalue weighted by Gasteiger charge is -2.07. The minimum absolute atomic E-state index is 0.0769. The van der Waals surface area contributed by atoms with Crippen LogP contribution in [-0.2, 0) is 11.3 Å². The van der Waals surface area contributed by atoms with E-state index in [-0.39, 0.29) is 37.3 Å². The maximum Gasteiger partial charge on any atom is 0.346 e. The van der Waals surface area contributed by atoms with Gasteiger partial charge in [-0.25, -0.2) is 9.48 Å². The van der Waals surface area contributed by atoms with Crippen molar-refractivity contribution >= 4 is 5.91 Å².